The van der Waals surface area contributed by atoms with Gasteiger partial charge in [0.15, 0.2) is 0 Å². The molecule has 8 nitrogen and oxygen atoms in total. The Balaban J connectivity index is 1.26. The van der Waals surface area contributed by atoms with Crippen LogP contribution < -0.4 is 0 Å². The maximum atomic E-state index is 12.4. The molecule has 0 saturated carbocycles. The second-order valence-corrected chi connectivity index (χ2v) is 23.7. The summed E-state index contributed by atoms with van der Waals surface area (Å²) in [6.45, 7) is 30.4. The van der Waals surface area contributed by atoms with Crippen LogP contribution in [-0.2, 0) is 51.3 Å². The van der Waals surface area contributed by atoms with Gasteiger partial charge in [-0.1, -0.05) is 242 Å². The number of carbonyl (C=O) groups is 4. The Morgan fingerprint density at radius 1 is 0.393 bits per heavy atom. The van der Waals surface area contributed by atoms with E-state index in [1.807, 2.05) is 101 Å². The van der Waals surface area contributed by atoms with E-state index in [9.17, 15) is 19.2 Å². The highest BCUT2D eigenvalue weighted by Crippen LogP contribution is 2.42. The number of benzene rings is 1. The zero-order valence-corrected chi connectivity index (χ0v) is 53.3. The minimum Gasteiger partial charge on any atom is -0.461 e. The van der Waals surface area contributed by atoms with Gasteiger partial charge in [0, 0.05) is 0 Å². The monoisotopic (exact) mass is 1140 g/mol. The molecule has 0 unspecified atom stereocenters. The number of esters is 4. The molecule has 0 bridgehead atoms. The van der Waals surface area contributed by atoms with E-state index < -0.39 is 23.9 Å². The molecule has 0 heterocycles. The van der Waals surface area contributed by atoms with Crippen LogP contribution in [0.3, 0.4) is 0 Å². The largest absolute Gasteiger partial charge is 0.461 e. The van der Waals surface area contributed by atoms with E-state index in [1.54, 1.807) is 24.3 Å². The predicted octanol–water partition coefficient (Wildman–Crippen LogP) is 19.5. The van der Waals surface area contributed by atoms with Gasteiger partial charge in [-0.05, 0) is 152 Å². The molecule has 2 aliphatic carbocycles. The van der Waals surface area contributed by atoms with E-state index in [0.29, 0.717) is 0 Å². The fourth-order valence-corrected chi connectivity index (χ4v) is 9.29. The lowest BCUT2D eigenvalue weighted by Gasteiger charge is -2.33. The number of allylic oxidation sites excluding steroid dienone is 34. The summed E-state index contributed by atoms with van der Waals surface area (Å²) < 4.78 is 21.4. The van der Waals surface area contributed by atoms with Crippen LogP contribution in [0.2, 0.25) is 0 Å². The summed E-state index contributed by atoms with van der Waals surface area (Å²) in [4.78, 5) is 49.5. The first-order valence-electron chi connectivity index (χ1n) is 29.8. The van der Waals surface area contributed by atoms with Gasteiger partial charge in [-0.2, -0.15) is 0 Å². The fraction of sp³-hybridized carbons (Fsp3) is 0.395. The Morgan fingerprint density at radius 3 is 0.976 bits per heavy atom. The van der Waals surface area contributed by atoms with E-state index in [0.717, 1.165) is 44.6 Å². The van der Waals surface area contributed by atoms with E-state index >= 15 is 0 Å². The first-order chi connectivity index (χ1) is 39.9. The highest BCUT2D eigenvalue weighted by Gasteiger charge is 2.27. The third-order valence-corrected chi connectivity index (χ3v) is 14.5. The van der Waals surface area contributed by atoms with Gasteiger partial charge in [0.25, 0.3) is 0 Å². The summed E-state index contributed by atoms with van der Waals surface area (Å²) in [5.41, 5.74) is 16.5. The van der Waals surface area contributed by atoms with Crippen molar-refractivity contribution >= 4 is 23.9 Å². The molecule has 0 amide bonds. The van der Waals surface area contributed by atoms with E-state index in [4.69, 9.17) is 18.9 Å². The van der Waals surface area contributed by atoms with Gasteiger partial charge in [-0.25, -0.2) is 0 Å². The van der Waals surface area contributed by atoms with Crippen molar-refractivity contribution < 1.29 is 38.1 Å². The number of ether oxygens (including phenoxy) is 4. The average Bonchev–Trinajstić information content (AvgIpc) is 3.46. The normalized spacial score (nSPS) is 17.5. The first kappa shape index (κ1) is 70.7. The zero-order valence-electron chi connectivity index (χ0n) is 53.3. The molecular formula is C76H98O8. The molecule has 1 aromatic rings. The van der Waals surface area contributed by atoms with Crippen LogP contribution >= 0.6 is 0 Å². The summed E-state index contributed by atoms with van der Waals surface area (Å²) in [6, 6.07) is 7.07. The van der Waals surface area contributed by atoms with Crippen molar-refractivity contribution in [3.05, 3.63) is 248 Å². The van der Waals surface area contributed by atoms with Gasteiger partial charge in [0.2, 0.25) is 0 Å². The summed E-state index contributed by atoms with van der Waals surface area (Å²) in [6.07, 6.45) is 56.6. The van der Waals surface area contributed by atoms with Crippen molar-refractivity contribution in [2.45, 2.75) is 174 Å². The first-order valence-corrected chi connectivity index (χ1v) is 29.8. The number of carbonyl (C=O) groups excluding carboxylic acids is 4. The highest BCUT2D eigenvalue weighted by molar-refractivity contribution is 5.78. The number of rotatable bonds is 30. The minimum absolute atomic E-state index is 0.0278. The molecule has 0 N–H and O–H groups in total. The molecule has 0 atom stereocenters. The number of hydrogen-bond acceptors (Lipinski definition) is 8. The third kappa shape index (κ3) is 30.6. The van der Waals surface area contributed by atoms with Gasteiger partial charge in [0.1, 0.15) is 26.4 Å². The van der Waals surface area contributed by atoms with Gasteiger partial charge < -0.3 is 18.9 Å². The summed E-state index contributed by atoms with van der Waals surface area (Å²) in [5.74, 6) is -2.00. The number of hydrogen-bond donors (Lipinski definition) is 0. The maximum absolute atomic E-state index is 12.4. The van der Waals surface area contributed by atoms with E-state index in [2.05, 4.69) is 142 Å². The molecule has 0 aromatic heterocycles. The SMILES string of the molecule is CC1=C(/C=C/C(C)=C/C=C/C(C)=C/C=C/C=C(C)/C=C/C=C(\C)COC(=O)CCC(=O)OCc2ccc(COC(=O)CCC(=O)OC/C(C)=C/C=C/C(C)=C/C=C/C=C(C)/C=C/C=C(C)/C=C/C3=C(C)CCCC3(C)C)cc2)C(C)(C)CCC1. The van der Waals surface area contributed by atoms with E-state index in [1.165, 1.54) is 72.0 Å². The van der Waals surface area contributed by atoms with Crippen LogP contribution in [0.1, 0.15) is 172 Å². The van der Waals surface area contributed by atoms with Crippen LogP contribution in [0.4, 0.5) is 0 Å². The molecule has 0 spiro atoms. The third-order valence-electron chi connectivity index (χ3n) is 14.5. The van der Waals surface area contributed by atoms with Crippen molar-refractivity contribution in [3.63, 3.8) is 0 Å². The molecule has 0 saturated heterocycles. The lowest BCUT2D eigenvalue weighted by molar-refractivity contribution is -0.150. The smallest absolute Gasteiger partial charge is 0.306 e. The Hall–Kier alpha value is -7.58. The second-order valence-electron chi connectivity index (χ2n) is 23.7. The second kappa shape index (κ2) is 38.3. The summed E-state index contributed by atoms with van der Waals surface area (Å²) >= 11 is 0. The lowest BCUT2D eigenvalue weighted by Crippen LogP contribution is -2.19. The molecule has 84 heavy (non-hydrogen) atoms. The van der Waals surface area contributed by atoms with Crippen LogP contribution in [0.15, 0.2) is 237 Å². The maximum Gasteiger partial charge on any atom is 0.306 e. The molecular weight excluding hydrogens is 1040 g/mol. The van der Waals surface area contributed by atoms with Gasteiger partial charge >= 0.3 is 23.9 Å². The predicted molar refractivity (Wildman–Crippen MR) is 350 cm³/mol. The van der Waals surface area contributed by atoms with Crippen molar-refractivity contribution in [3.8, 4) is 0 Å². The molecule has 3 rings (SSSR count). The highest BCUT2D eigenvalue weighted by atomic mass is 16.5. The standard InChI is InChI=1S/C76H98O8/c1-57(29-19-33-61(5)39-45-69-65(9)37-23-51-75(69,11)12)25-15-17-27-59(3)31-21-35-63(7)53-81-71(77)47-49-73(79)83-55-67-41-43-68(44-42-67)56-84-74(80)50-48-72(78)82-54-64(8)36-22-32-60(4)28-18-16-26-58(2)30-20-34-62(6)40-46-70-66(10)38-24-52-76(70,13)14/h15-22,25-36,39-46H,23-24,37-38,47-56H2,1-14H3/b17-15+,18-16+,29-19+,30-20+,31-21+,32-22+,45-39+,46-40+,57-25+,58-26+,59-27+,60-28+,61-33+,62-34+,63-35+,64-36+. The molecule has 0 radical (unpaired) electrons. The van der Waals surface area contributed by atoms with Gasteiger partial charge in [0.05, 0.1) is 25.7 Å². The van der Waals surface area contributed by atoms with Crippen LogP contribution in [0, 0.1) is 10.8 Å². The molecule has 1 aromatic carbocycles. The van der Waals surface area contributed by atoms with Crippen LogP contribution in [0.25, 0.3) is 0 Å². The lowest BCUT2D eigenvalue weighted by atomic mass is 9.72. The molecule has 0 fully saturated rings. The zero-order chi connectivity index (χ0) is 61.9. The van der Waals surface area contributed by atoms with Crippen molar-refractivity contribution in [1.82, 2.24) is 0 Å². The van der Waals surface area contributed by atoms with Crippen molar-refractivity contribution in [2.24, 2.45) is 10.8 Å². The Morgan fingerprint density at radius 2 is 0.667 bits per heavy atom. The molecule has 450 valence electrons. The Bertz CT molecular complexity index is 2770. The van der Waals surface area contributed by atoms with Crippen LogP contribution in [0.5, 0.6) is 0 Å². The Labute approximate surface area is 506 Å². The average molecular weight is 1140 g/mol. The van der Waals surface area contributed by atoms with Gasteiger partial charge in [-0.15, -0.1) is 0 Å². The molecule has 8 heteroatoms. The molecule has 0 aliphatic heterocycles. The topological polar surface area (TPSA) is 105 Å². The summed E-state index contributed by atoms with van der Waals surface area (Å²) in [5, 5.41) is 0. The van der Waals surface area contributed by atoms with Crippen LogP contribution in [-0.4, -0.2) is 37.1 Å². The van der Waals surface area contributed by atoms with E-state index in [-0.39, 0.29) is 62.9 Å². The quantitative estimate of drug-likeness (QED) is 0.0426. The fourth-order valence-electron chi connectivity index (χ4n) is 9.29. The van der Waals surface area contributed by atoms with Crippen molar-refractivity contribution in [1.29, 1.82) is 0 Å². The molecule has 2 aliphatic rings. The Kier molecular flexibility index (Phi) is 32.2. The minimum atomic E-state index is -0.516. The van der Waals surface area contributed by atoms with Gasteiger partial charge in [-0.3, -0.25) is 19.2 Å². The van der Waals surface area contributed by atoms with Crippen molar-refractivity contribution in [2.75, 3.05) is 13.2 Å². The summed E-state index contributed by atoms with van der Waals surface area (Å²) in [7, 11) is 0.